The predicted molar refractivity (Wildman–Crippen MR) is 88.0 cm³/mol. The zero-order chi connectivity index (χ0) is 17.7. The normalized spacial score (nSPS) is 10.4. The van der Waals surface area contributed by atoms with Gasteiger partial charge in [0.05, 0.1) is 12.8 Å². The van der Waals surface area contributed by atoms with E-state index >= 15 is 0 Å². The fourth-order valence-electron chi connectivity index (χ4n) is 2.38. The molecule has 0 saturated carbocycles. The number of hydrogen-bond acceptors (Lipinski definition) is 4. The molecule has 6 heteroatoms. The van der Waals surface area contributed by atoms with Gasteiger partial charge in [0.2, 0.25) is 0 Å². The molecular formula is C18H20FNO4. The third-order valence-corrected chi connectivity index (χ3v) is 3.66. The number of methoxy groups -OCH3 is 1. The molecule has 0 bridgehead atoms. The van der Waals surface area contributed by atoms with Gasteiger partial charge in [-0.15, -0.1) is 0 Å². The molecule has 0 aromatic heterocycles. The molecular weight excluding hydrogens is 313 g/mol. The Morgan fingerprint density at radius 1 is 1.29 bits per heavy atom. The average Bonchev–Trinajstić information content (AvgIpc) is 2.59. The van der Waals surface area contributed by atoms with Crippen LogP contribution in [0, 0.1) is 12.7 Å². The summed E-state index contributed by atoms with van der Waals surface area (Å²) < 4.78 is 24.0. The van der Waals surface area contributed by atoms with Gasteiger partial charge in [-0.1, -0.05) is 25.1 Å². The van der Waals surface area contributed by atoms with Crippen LogP contribution >= 0.6 is 0 Å². The van der Waals surface area contributed by atoms with Crippen LogP contribution in [0.5, 0.6) is 5.75 Å². The van der Waals surface area contributed by atoms with Crippen LogP contribution in [0.3, 0.4) is 0 Å². The molecule has 2 aromatic carbocycles. The highest BCUT2D eigenvalue weighted by Gasteiger charge is 2.19. The molecule has 5 nitrogen and oxygen atoms in total. The molecule has 0 heterocycles. The van der Waals surface area contributed by atoms with Crippen molar-refractivity contribution in [1.29, 1.82) is 0 Å². The summed E-state index contributed by atoms with van der Waals surface area (Å²) >= 11 is 0. The standard InChI is InChI=1S/C18H20FNO4/c1-4-13-6-5-7-16(20(22)18(21)23-3)14(13)11-24-17-9-8-12(2)10-15(17)19/h5-10,22H,4,11H2,1-3H3. The summed E-state index contributed by atoms with van der Waals surface area (Å²) in [6.45, 7) is 3.74. The third kappa shape index (κ3) is 3.83. The number of anilines is 1. The van der Waals surface area contributed by atoms with Gasteiger partial charge >= 0.3 is 6.09 Å². The van der Waals surface area contributed by atoms with E-state index in [1.807, 2.05) is 13.0 Å². The maximum absolute atomic E-state index is 13.9. The topological polar surface area (TPSA) is 59.0 Å². The van der Waals surface area contributed by atoms with E-state index in [1.165, 1.54) is 13.2 Å². The first-order valence-corrected chi connectivity index (χ1v) is 7.54. The number of halogens is 1. The minimum absolute atomic E-state index is 0.00732. The van der Waals surface area contributed by atoms with Gasteiger partial charge in [-0.25, -0.2) is 9.18 Å². The van der Waals surface area contributed by atoms with Crippen LogP contribution < -0.4 is 9.80 Å². The molecule has 0 fully saturated rings. The third-order valence-electron chi connectivity index (χ3n) is 3.66. The van der Waals surface area contributed by atoms with Crippen LogP contribution in [0.25, 0.3) is 0 Å². The van der Waals surface area contributed by atoms with E-state index in [9.17, 15) is 14.4 Å². The summed E-state index contributed by atoms with van der Waals surface area (Å²) in [7, 11) is 1.17. The minimum Gasteiger partial charge on any atom is -0.486 e. The number of nitrogens with zero attached hydrogens (tertiary/aromatic N) is 1. The maximum Gasteiger partial charge on any atom is 0.438 e. The summed E-state index contributed by atoms with van der Waals surface area (Å²) in [5.41, 5.74) is 2.51. The Kier molecular flexibility index (Phi) is 5.76. The van der Waals surface area contributed by atoms with Gasteiger partial charge in [-0.05, 0) is 42.7 Å². The van der Waals surface area contributed by atoms with Crippen molar-refractivity contribution in [2.75, 3.05) is 12.2 Å². The van der Waals surface area contributed by atoms with Gasteiger partial charge in [-0.2, -0.15) is 5.06 Å². The Balaban J connectivity index is 2.32. The van der Waals surface area contributed by atoms with E-state index in [0.29, 0.717) is 17.0 Å². The van der Waals surface area contributed by atoms with Gasteiger partial charge < -0.3 is 9.47 Å². The smallest absolute Gasteiger partial charge is 0.438 e. The van der Waals surface area contributed by atoms with E-state index < -0.39 is 11.9 Å². The van der Waals surface area contributed by atoms with E-state index in [1.54, 1.807) is 31.2 Å². The van der Waals surface area contributed by atoms with Crippen molar-refractivity contribution in [2.45, 2.75) is 26.9 Å². The first-order valence-electron chi connectivity index (χ1n) is 7.54. The summed E-state index contributed by atoms with van der Waals surface area (Å²) in [5.74, 6) is -0.348. The first kappa shape index (κ1) is 17.7. The second-order valence-electron chi connectivity index (χ2n) is 5.27. The maximum atomic E-state index is 13.9. The average molecular weight is 333 g/mol. The predicted octanol–water partition coefficient (Wildman–Crippen LogP) is 4.24. The van der Waals surface area contributed by atoms with Gasteiger partial charge in [0.1, 0.15) is 6.61 Å². The monoisotopic (exact) mass is 333 g/mol. The number of aryl methyl sites for hydroxylation is 2. The minimum atomic E-state index is -0.911. The van der Waals surface area contributed by atoms with Crippen LogP contribution in [0.1, 0.15) is 23.6 Å². The highest BCUT2D eigenvalue weighted by molar-refractivity contribution is 5.86. The zero-order valence-corrected chi connectivity index (χ0v) is 13.9. The molecule has 0 spiro atoms. The fourth-order valence-corrected chi connectivity index (χ4v) is 2.38. The summed E-state index contributed by atoms with van der Waals surface area (Å²) in [6, 6.07) is 9.83. The second kappa shape index (κ2) is 7.79. The fraction of sp³-hybridized carbons (Fsp3) is 0.278. The van der Waals surface area contributed by atoms with Crippen molar-refractivity contribution in [2.24, 2.45) is 0 Å². The molecule has 0 aliphatic carbocycles. The van der Waals surface area contributed by atoms with Crippen molar-refractivity contribution < 1.29 is 23.9 Å². The van der Waals surface area contributed by atoms with Gasteiger partial charge in [0.25, 0.3) is 0 Å². The molecule has 0 atom stereocenters. The highest BCUT2D eigenvalue weighted by atomic mass is 19.1. The lowest BCUT2D eigenvalue weighted by atomic mass is 10.0. The molecule has 2 aromatic rings. The lowest BCUT2D eigenvalue weighted by Gasteiger charge is -2.20. The van der Waals surface area contributed by atoms with Gasteiger partial charge in [-0.3, -0.25) is 5.21 Å². The SMILES string of the molecule is CCc1cccc(N(O)C(=O)OC)c1COc1ccc(C)cc1F. The van der Waals surface area contributed by atoms with Crippen molar-refractivity contribution in [3.8, 4) is 5.75 Å². The Morgan fingerprint density at radius 3 is 2.67 bits per heavy atom. The van der Waals surface area contributed by atoms with Crippen LogP contribution in [0.15, 0.2) is 36.4 Å². The van der Waals surface area contributed by atoms with E-state index in [4.69, 9.17) is 4.74 Å². The lowest BCUT2D eigenvalue weighted by molar-refractivity contribution is 0.140. The number of amides is 1. The van der Waals surface area contributed by atoms with E-state index in [-0.39, 0.29) is 18.0 Å². The number of ether oxygens (including phenoxy) is 2. The molecule has 2 rings (SSSR count). The largest absolute Gasteiger partial charge is 0.486 e. The first-order chi connectivity index (χ1) is 11.5. The van der Waals surface area contributed by atoms with Crippen LogP contribution in [0.2, 0.25) is 0 Å². The van der Waals surface area contributed by atoms with Gasteiger partial charge in [0.15, 0.2) is 11.6 Å². The molecule has 0 aliphatic heterocycles. The Bertz CT molecular complexity index is 733. The number of carbonyl (C=O) groups is 1. The van der Waals surface area contributed by atoms with Crippen molar-refractivity contribution in [1.82, 2.24) is 0 Å². The Hall–Kier alpha value is -2.60. The van der Waals surface area contributed by atoms with E-state index in [0.717, 1.165) is 11.1 Å². The van der Waals surface area contributed by atoms with Gasteiger partial charge in [0, 0.05) is 5.56 Å². The number of benzene rings is 2. The summed E-state index contributed by atoms with van der Waals surface area (Å²) in [6.07, 6.45) is -0.246. The van der Waals surface area contributed by atoms with E-state index in [2.05, 4.69) is 4.74 Å². The second-order valence-corrected chi connectivity index (χ2v) is 5.27. The molecule has 128 valence electrons. The number of rotatable bonds is 5. The quantitative estimate of drug-likeness (QED) is 0.657. The molecule has 24 heavy (non-hydrogen) atoms. The highest BCUT2D eigenvalue weighted by Crippen LogP contribution is 2.27. The Morgan fingerprint density at radius 2 is 2.04 bits per heavy atom. The molecule has 1 N–H and O–H groups in total. The summed E-state index contributed by atoms with van der Waals surface area (Å²) in [5, 5.41) is 10.4. The molecule has 0 aliphatic rings. The summed E-state index contributed by atoms with van der Waals surface area (Å²) in [4.78, 5) is 11.6. The van der Waals surface area contributed by atoms with Crippen LogP contribution in [0.4, 0.5) is 14.9 Å². The number of carbonyl (C=O) groups excluding carboxylic acids is 1. The number of hydroxylamine groups is 1. The van der Waals surface area contributed by atoms with Crippen molar-refractivity contribution in [3.63, 3.8) is 0 Å². The molecule has 1 amide bonds. The van der Waals surface area contributed by atoms with Crippen LogP contribution in [-0.4, -0.2) is 18.4 Å². The molecule has 0 saturated heterocycles. The molecule has 0 unspecified atom stereocenters. The Labute approximate surface area is 140 Å². The van der Waals surface area contributed by atoms with Crippen molar-refractivity contribution >= 4 is 11.8 Å². The van der Waals surface area contributed by atoms with Crippen LogP contribution in [-0.2, 0) is 17.8 Å². The zero-order valence-electron chi connectivity index (χ0n) is 13.9. The number of hydrogen-bond donors (Lipinski definition) is 1. The van der Waals surface area contributed by atoms with Crippen molar-refractivity contribution in [3.05, 3.63) is 58.9 Å². The molecule has 0 radical (unpaired) electrons. The lowest BCUT2D eigenvalue weighted by Crippen LogP contribution is -2.28.